The van der Waals surface area contributed by atoms with Crippen LogP contribution in [0, 0.1) is 5.82 Å². The highest BCUT2D eigenvalue weighted by Gasteiger charge is 2.44. The fourth-order valence-corrected chi connectivity index (χ4v) is 8.12. The summed E-state index contributed by atoms with van der Waals surface area (Å²) < 4.78 is 93.3. The maximum atomic E-state index is 14.7. The molecular weight excluding hydrogens is 629 g/mol. The lowest BCUT2D eigenvalue weighted by molar-refractivity contribution is -0.0931. The minimum absolute atomic E-state index is 0.0233. The highest BCUT2D eigenvalue weighted by atomic mass is 32.2. The lowest BCUT2D eigenvalue weighted by atomic mass is 9.88. The molecule has 1 aromatic heterocycles. The summed E-state index contributed by atoms with van der Waals surface area (Å²) in [5, 5.41) is 0.167. The number of rotatable bonds is 9. The van der Waals surface area contributed by atoms with Gasteiger partial charge in [-0.15, -0.1) is 0 Å². The molecule has 2 atom stereocenters. The average Bonchev–Trinajstić information content (AvgIpc) is 3.57. The Balaban J connectivity index is 1.34. The number of aromatic nitrogens is 2. The average molecular weight is 661 g/mol. The summed E-state index contributed by atoms with van der Waals surface area (Å²) in [7, 11) is -1.17. The molecule has 4 aromatic rings. The van der Waals surface area contributed by atoms with Crippen LogP contribution in [0.3, 0.4) is 0 Å². The van der Waals surface area contributed by atoms with Gasteiger partial charge in [0, 0.05) is 72.7 Å². The molecule has 0 bridgehead atoms. The van der Waals surface area contributed by atoms with Gasteiger partial charge >= 0.3 is 0 Å². The number of hydrogen-bond acceptors (Lipinski definition) is 9. The SMILES string of the molecule is COc1ccc(CN(c2ncns2)S(=O)(=O)c2ccc3c(c2)OCCC3N2CCC(F)(F)C[C@@H]2c2ccc(F)cc2)c(OC)c1. The second kappa shape index (κ2) is 12.5. The van der Waals surface area contributed by atoms with E-state index in [2.05, 4.69) is 9.36 Å². The van der Waals surface area contributed by atoms with Gasteiger partial charge in [-0.05, 0) is 35.9 Å². The molecule has 0 radical (unpaired) electrons. The first kappa shape index (κ1) is 31.1. The van der Waals surface area contributed by atoms with Crippen LogP contribution in [0.15, 0.2) is 71.9 Å². The molecule has 0 aliphatic carbocycles. The summed E-state index contributed by atoms with van der Waals surface area (Å²) in [5.74, 6) is -1.94. The summed E-state index contributed by atoms with van der Waals surface area (Å²) in [6, 6.07) is 14.5. The second-order valence-electron chi connectivity index (χ2n) is 10.9. The topological polar surface area (TPSA) is 94.1 Å². The molecule has 238 valence electrons. The Labute approximate surface area is 263 Å². The van der Waals surface area contributed by atoms with Gasteiger partial charge in [0.1, 0.15) is 29.4 Å². The summed E-state index contributed by atoms with van der Waals surface area (Å²) in [6.07, 6.45) is 1.10. The van der Waals surface area contributed by atoms with Gasteiger partial charge < -0.3 is 14.2 Å². The first-order valence-corrected chi connectivity index (χ1v) is 16.5. The van der Waals surface area contributed by atoms with E-state index in [1.165, 1.54) is 44.8 Å². The van der Waals surface area contributed by atoms with Crippen LogP contribution in [0.25, 0.3) is 0 Å². The number of anilines is 1. The maximum Gasteiger partial charge on any atom is 0.266 e. The molecule has 0 saturated carbocycles. The molecule has 0 amide bonds. The fraction of sp³-hybridized carbons (Fsp3) is 0.355. The van der Waals surface area contributed by atoms with Gasteiger partial charge in [-0.1, -0.05) is 18.2 Å². The lowest BCUT2D eigenvalue weighted by Gasteiger charge is -2.45. The van der Waals surface area contributed by atoms with Crippen molar-refractivity contribution >= 4 is 26.7 Å². The number of sulfonamides is 1. The minimum atomic E-state index is -4.19. The summed E-state index contributed by atoms with van der Waals surface area (Å²) in [4.78, 5) is 6.16. The van der Waals surface area contributed by atoms with Gasteiger partial charge in [-0.2, -0.15) is 4.37 Å². The van der Waals surface area contributed by atoms with E-state index in [9.17, 15) is 21.6 Å². The molecule has 9 nitrogen and oxygen atoms in total. The number of likely N-dealkylation sites (tertiary alicyclic amines) is 1. The van der Waals surface area contributed by atoms with Crippen LogP contribution in [-0.4, -0.2) is 56.0 Å². The standard InChI is InChI=1S/C31H31F3N4O5S2/c1-41-23-8-5-21(28(15-23)42-2)18-38(30-35-19-36-44-30)45(39,40)24-9-10-25-26(11-14-43-29(25)16-24)37-13-12-31(33,34)17-27(37)20-3-6-22(32)7-4-20/h3-10,15-16,19,26-27H,11-14,17-18H2,1-2H3/t26?,27-/m1/s1. The molecule has 14 heteroatoms. The zero-order chi connectivity index (χ0) is 31.8. The van der Waals surface area contributed by atoms with Crippen molar-refractivity contribution in [1.82, 2.24) is 14.3 Å². The van der Waals surface area contributed by atoms with Crippen molar-refractivity contribution < 1.29 is 35.8 Å². The van der Waals surface area contributed by atoms with E-state index in [1.807, 2.05) is 4.90 Å². The van der Waals surface area contributed by atoms with Gasteiger partial charge in [-0.3, -0.25) is 4.90 Å². The van der Waals surface area contributed by atoms with E-state index in [0.717, 1.165) is 15.8 Å². The Morgan fingerprint density at radius 1 is 1.07 bits per heavy atom. The molecule has 3 heterocycles. The number of nitrogens with zero attached hydrogens (tertiary/aromatic N) is 4. The highest BCUT2D eigenvalue weighted by molar-refractivity contribution is 7.93. The van der Waals surface area contributed by atoms with Crippen LogP contribution in [-0.2, 0) is 16.6 Å². The van der Waals surface area contributed by atoms with E-state index in [1.54, 1.807) is 36.4 Å². The first-order valence-electron chi connectivity index (χ1n) is 14.3. The largest absolute Gasteiger partial charge is 0.497 e. The van der Waals surface area contributed by atoms with Crippen molar-refractivity contribution in [3.8, 4) is 17.2 Å². The fourth-order valence-electron chi connectivity index (χ4n) is 5.97. The highest BCUT2D eigenvalue weighted by Crippen LogP contribution is 2.47. The molecule has 3 aromatic carbocycles. The second-order valence-corrected chi connectivity index (χ2v) is 13.5. The quantitative estimate of drug-likeness (QED) is 0.204. The Morgan fingerprint density at radius 3 is 2.58 bits per heavy atom. The summed E-state index contributed by atoms with van der Waals surface area (Å²) >= 11 is 0.937. The van der Waals surface area contributed by atoms with Crippen molar-refractivity contribution in [1.29, 1.82) is 0 Å². The molecule has 2 aliphatic heterocycles. The monoisotopic (exact) mass is 660 g/mol. The lowest BCUT2D eigenvalue weighted by Crippen LogP contribution is -2.44. The number of methoxy groups -OCH3 is 2. The van der Waals surface area contributed by atoms with Gasteiger partial charge in [0.15, 0.2) is 0 Å². The smallest absolute Gasteiger partial charge is 0.266 e. The Morgan fingerprint density at radius 2 is 1.87 bits per heavy atom. The Bertz CT molecular complexity index is 1760. The number of halogens is 3. The van der Waals surface area contributed by atoms with E-state index in [0.29, 0.717) is 40.4 Å². The van der Waals surface area contributed by atoms with Crippen LogP contribution < -0.4 is 18.5 Å². The van der Waals surface area contributed by atoms with Crippen LogP contribution in [0.2, 0.25) is 0 Å². The molecule has 1 saturated heterocycles. The predicted octanol–water partition coefficient (Wildman–Crippen LogP) is 6.39. The molecular formula is C31H31F3N4O5S2. The first-order chi connectivity index (χ1) is 21.6. The van der Waals surface area contributed by atoms with E-state index >= 15 is 0 Å². The van der Waals surface area contributed by atoms with Gasteiger partial charge in [0.25, 0.3) is 15.9 Å². The zero-order valence-corrected chi connectivity index (χ0v) is 26.2. The van der Waals surface area contributed by atoms with E-state index in [4.69, 9.17) is 14.2 Å². The number of fused-ring (bicyclic) bond motifs is 1. The number of alkyl halides is 2. The molecule has 0 spiro atoms. The molecule has 45 heavy (non-hydrogen) atoms. The third-order valence-electron chi connectivity index (χ3n) is 8.24. The number of piperidine rings is 1. The minimum Gasteiger partial charge on any atom is -0.497 e. The van der Waals surface area contributed by atoms with Gasteiger partial charge in [0.05, 0.1) is 32.3 Å². The van der Waals surface area contributed by atoms with Crippen LogP contribution in [0.5, 0.6) is 17.2 Å². The van der Waals surface area contributed by atoms with Crippen molar-refractivity contribution in [2.45, 2.75) is 48.7 Å². The van der Waals surface area contributed by atoms with Gasteiger partial charge in [0.2, 0.25) is 5.13 Å². The van der Waals surface area contributed by atoms with Crippen molar-refractivity contribution in [2.24, 2.45) is 0 Å². The number of hydrogen-bond donors (Lipinski definition) is 0. The zero-order valence-electron chi connectivity index (χ0n) is 24.5. The third kappa shape index (κ3) is 6.31. The predicted molar refractivity (Wildman–Crippen MR) is 162 cm³/mol. The van der Waals surface area contributed by atoms with Crippen LogP contribution in [0.4, 0.5) is 18.3 Å². The van der Waals surface area contributed by atoms with Crippen LogP contribution >= 0.6 is 11.5 Å². The molecule has 1 fully saturated rings. The van der Waals surface area contributed by atoms with Crippen molar-refractivity contribution in [3.63, 3.8) is 0 Å². The summed E-state index contributed by atoms with van der Waals surface area (Å²) in [5.41, 5.74) is 1.89. The van der Waals surface area contributed by atoms with Gasteiger partial charge in [-0.25, -0.2) is 30.9 Å². The van der Waals surface area contributed by atoms with E-state index < -0.39 is 34.2 Å². The summed E-state index contributed by atoms with van der Waals surface area (Å²) in [6.45, 7) is 0.299. The normalized spacial score (nSPS) is 19.8. The van der Waals surface area contributed by atoms with Crippen molar-refractivity contribution in [3.05, 3.63) is 89.5 Å². The van der Waals surface area contributed by atoms with Crippen molar-refractivity contribution in [2.75, 3.05) is 31.7 Å². The molecule has 6 rings (SSSR count). The molecule has 0 N–H and O–H groups in total. The Hall–Kier alpha value is -3.88. The third-order valence-corrected chi connectivity index (χ3v) is 10.8. The Kier molecular flexibility index (Phi) is 8.63. The van der Waals surface area contributed by atoms with Crippen LogP contribution in [0.1, 0.15) is 48.0 Å². The van der Waals surface area contributed by atoms with E-state index in [-0.39, 0.29) is 42.2 Å². The maximum absolute atomic E-state index is 14.7. The number of benzene rings is 3. The molecule has 2 aliphatic rings. The molecule has 1 unspecified atom stereocenters. The number of ether oxygens (including phenoxy) is 3.